The van der Waals surface area contributed by atoms with Crippen molar-refractivity contribution in [3.05, 3.63) is 78.1 Å². The van der Waals surface area contributed by atoms with Gasteiger partial charge >= 0.3 is 0 Å². The fourth-order valence-electron chi connectivity index (χ4n) is 2.62. The third-order valence-electron chi connectivity index (χ3n) is 3.97. The van der Waals surface area contributed by atoms with E-state index in [2.05, 4.69) is 10.9 Å². The number of ether oxygens (including phenoxy) is 2. The fraction of sp³-hybridized carbons (Fsp3) is 0.100. The van der Waals surface area contributed by atoms with Crippen LogP contribution in [-0.2, 0) is 0 Å². The molecule has 2 N–H and O–H groups in total. The van der Waals surface area contributed by atoms with Crippen molar-refractivity contribution in [2.24, 2.45) is 0 Å². The minimum atomic E-state index is -0.470. The van der Waals surface area contributed by atoms with Crippen molar-refractivity contribution >= 4 is 11.8 Å². The van der Waals surface area contributed by atoms with Crippen LogP contribution in [0.4, 0.5) is 0 Å². The number of nitrogens with zero attached hydrogens (tertiary/aromatic N) is 1. The second-order valence-corrected chi connectivity index (χ2v) is 5.59. The van der Waals surface area contributed by atoms with Crippen molar-refractivity contribution in [2.75, 3.05) is 14.2 Å². The van der Waals surface area contributed by atoms with E-state index < -0.39 is 11.8 Å². The zero-order valence-electron chi connectivity index (χ0n) is 14.9. The molecule has 0 atom stereocenters. The molecule has 0 aliphatic rings. The lowest BCUT2D eigenvalue weighted by molar-refractivity contribution is 0.0846. The smallest absolute Gasteiger partial charge is 0.271 e. The van der Waals surface area contributed by atoms with E-state index in [0.717, 1.165) is 0 Å². The molecule has 0 unspecified atom stereocenters. The van der Waals surface area contributed by atoms with E-state index in [4.69, 9.17) is 9.47 Å². The standard InChI is InChI=1S/C20H19N3O4/c1-26-17-10-9-14(13-18(17)27-2)19(24)21-22-20(25)15-7-3-4-8-16(15)23-11-5-6-12-23/h3-13H,1-2H3,(H,21,24)(H,22,25). The molecule has 7 heteroatoms. The first-order valence-electron chi connectivity index (χ1n) is 8.19. The van der Waals surface area contributed by atoms with Crippen LogP contribution in [0.25, 0.3) is 5.69 Å². The number of benzene rings is 2. The van der Waals surface area contributed by atoms with Gasteiger partial charge in [-0.25, -0.2) is 0 Å². The minimum Gasteiger partial charge on any atom is -0.493 e. The highest BCUT2D eigenvalue weighted by atomic mass is 16.5. The van der Waals surface area contributed by atoms with Crippen molar-refractivity contribution in [1.82, 2.24) is 15.4 Å². The summed E-state index contributed by atoms with van der Waals surface area (Å²) in [5.41, 5.74) is 6.32. The third kappa shape index (κ3) is 3.92. The number of hydrogen-bond donors (Lipinski definition) is 2. The molecule has 2 aromatic carbocycles. The molecule has 3 rings (SSSR count). The van der Waals surface area contributed by atoms with Gasteiger partial charge in [0.15, 0.2) is 11.5 Å². The zero-order chi connectivity index (χ0) is 19.2. The highest BCUT2D eigenvalue weighted by Gasteiger charge is 2.15. The van der Waals surface area contributed by atoms with Crippen LogP contribution in [0, 0.1) is 0 Å². The number of carbonyl (C=O) groups is 2. The Morgan fingerprint density at radius 3 is 2.19 bits per heavy atom. The number of hydrogen-bond acceptors (Lipinski definition) is 4. The molecule has 3 aromatic rings. The monoisotopic (exact) mass is 365 g/mol. The van der Waals surface area contributed by atoms with Gasteiger partial charge < -0.3 is 14.0 Å². The number of amides is 2. The Kier molecular flexibility index (Phi) is 5.41. The molecule has 1 aromatic heterocycles. The summed E-state index contributed by atoms with van der Waals surface area (Å²) in [6.45, 7) is 0. The lowest BCUT2D eigenvalue weighted by Gasteiger charge is -2.13. The van der Waals surface area contributed by atoms with E-state index in [-0.39, 0.29) is 0 Å². The molecule has 0 saturated heterocycles. The average molecular weight is 365 g/mol. The predicted octanol–water partition coefficient (Wildman–Crippen LogP) is 2.57. The Bertz CT molecular complexity index is 952. The molecule has 0 bridgehead atoms. The second-order valence-electron chi connectivity index (χ2n) is 5.59. The van der Waals surface area contributed by atoms with Crippen LogP contribution in [0.1, 0.15) is 20.7 Å². The number of nitrogens with one attached hydrogen (secondary N) is 2. The molecule has 138 valence electrons. The summed E-state index contributed by atoms with van der Waals surface area (Å²) in [5, 5.41) is 0. The Hall–Kier alpha value is -3.74. The van der Waals surface area contributed by atoms with Gasteiger partial charge in [-0.1, -0.05) is 12.1 Å². The molecule has 2 amide bonds. The summed E-state index contributed by atoms with van der Waals surface area (Å²) in [5.74, 6) is 0.0454. The molecular weight excluding hydrogens is 346 g/mol. The maximum absolute atomic E-state index is 12.5. The van der Waals surface area contributed by atoms with Crippen LogP contribution in [0.2, 0.25) is 0 Å². The maximum atomic E-state index is 12.5. The van der Waals surface area contributed by atoms with Gasteiger partial charge in [-0.15, -0.1) is 0 Å². The van der Waals surface area contributed by atoms with Crippen molar-refractivity contribution in [3.63, 3.8) is 0 Å². The Balaban J connectivity index is 1.72. The lowest BCUT2D eigenvalue weighted by atomic mass is 10.1. The molecule has 0 aliphatic heterocycles. The first kappa shape index (κ1) is 18.1. The Morgan fingerprint density at radius 1 is 0.815 bits per heavy atom. The lowest BCUT2D eigenvalue weighted by Crippen LogP contribution is -2.41. The summed E-state index contributed by atoms with van der Waals surface area (Å²) in [6, 6.07) is 15.6. The van der Waals surface area contributed by atoms with Crippen LogP contribution in [-0.4, -0.2) is 30.6 Å². The number of hydrazine groups is 1. The number of rotatable bonds is 5. The van der Waals surface area contributed by atoms with Crippen LogP contribution in [0.5, 0.6) is 11.5 Å². The normalized spacial score (nSPS) is 10.1. The molecule has 1 heterocycles. The topological polar surface area (TPSA) is 81.6 Å². The predicted molar refractivity (Wildman–Crippen MR) is 100 cm³/mol. The molecule has 0 fully saturated rings. The summed E-state index contributed by atoms with van der Waals surface area (Å²) in [6.07, 6.45) is 3.68. The van der Waals surface area contributed by atoms with Gasteiger partial charge in [0.2, 0.25) is 0 Å². The Morgan fingerprint density at radius 2 is 1.48 bits per heavy atom. The first-order chi connectivity index (χ1) is 13.1. The van der Waals surface area contributed by atoms with Crippen LogP contribution in [0.15, 0.2) is 67.0 Å². The molecule has 7 nitrogen and oxygen atoms in total. The first-order valence-corrected chi connectivity index (χ1v) is 8.19. The van der Waals surface area contributed by atoms with Gasteiger partial charge in [0.05, 0.1) is 25.5 Å². The van der Waals surface area contributed by atoms with Crippen LogP contribution < -0.4 is 20.3 Å². The van der Waals surface area contributed by atoms with E-state index in [9.17, 15) is 9.59 Å². The zero-order valence-corrected chi connectivity index (χ0v) is 14.9. The van der Waals surface area contributed by atoms with Gasteiger partial charge in [0.1, 0.15) is 0 Å². The number of carbonyl (C=O) groups excluding carboxylic acids is 2. The Labute approximate surface area is 156 Å². The largest absolute Gasteiger partial charge is 0.493 e. The van der Waals surface area contributed by atoms with E-state index in [1.807, 2.05) is 41.2 Å². The molecular formula is C20H19N3O4. The van der Waals surface area contributed by atoms with Gasteiger partial charge in [-0.2, -0.15) is 0 Å². The van der Waals surface area contributed by atoms with Crippen molar-refractivity contribution < 1.29 is 19.1 Å². The van der Waals surface area contributed by atoms with Crippen molar-refractivity contribution in [3.8, 4) is 17.2 Å². The highest BCUT2D eigenvalue weighted by molar-refractivity contribution is 6.01. The molecule has 27 heavy (non-hydrogen) atoms. The molecule has 0 spiro atoms. The van der Waals surface area contributed by atoms with Crippen molar-refractivity contribution in [2.45, 2.75) is 0 Å². The van der Waals surface area contributed by atoms with E-state index in [1.54, 1.807) is 24.3 Å². The number of methoxy groups -OCH3 is 2. The number of aromatic nitrogens is 1. The highest BCUT2D eigenvalue weighted by Crippen LogP contribution is 2.27. The van der Waals surface area contributed by atoms with Crippen LogP contribution >= 0.6 is 0 Å². The second kappa shape index (κ2) is 8.09. The van der Waals surface area contributed by atoms with Gasteiger partial charge in [-0.05, 0) is 42.5 Å². The summed E-state index contributed by atoms with van der Waals surface area (Å²) >= 11 is 0. The van der Waals surface area contributed by atoms with E-state index in [0.29, 0.717) is 28.3 Å². The van der Waals surface area contributed by atoms with Gasteiger partial charge in [0.25, 0.3) is 11.8 Å². The van der Waals surface area contributed by atoms with Gasteiger partial charge in [-0.3, -0.25) is 20.4 Å². The molecule has 0 aliphatic carbocycles. The van der Waals surface area contributed by atoms with E-state index >= 15 is 0 Å². The van der Waals surface area contributed by atoms with Gasteiger partial charge in [0, 0.05) is 18.0 Å². The molecule has 0 radical (unpaired) electrons. The van der Waals surface area contributed by atoms with Crippen molar-refractivity contribution in [1.29, 1.82) is 0 Å². The fourth-order valence-corrected chi connectivity index (χ4v) is 2.62. The van der Waals surface area contributed by atoms with E-state index in [1.165, 1.54) is 20.3 Å². The van der Waals surface area contributed by atoms with Crippen LogP contribution in [0.3, 0.4) is 0 Å². The number of para-hydroxylation sites is 1. The SMILES string of the molecule is COc1ccc(C(=O)NNC(=O)c2ccccc2-n2cccc2)cc1OC. The minimum absolute atomic E-state index is 0.326. The average Bonchev–Trinajstić information content (AvgIpc) is 3.25. The summed E-state index contributed by atoms with van der Waals surface area (Å²) < 4.78 is 12.2. The third-order valence-corrected chi connectivity index (χ3v) is 3.97. The quantitative estimate of drug-likeness (QED) is 0.681. The molecule has 0 saturated carbocycles. The summed E-state index contributed by atoms with van der Waals surface area (Å²) in [4.78, 5) is 24.9. The maximum Gasteiger partial charge on any atom is 0.271 e. The summed E-state index contributed by atoms with van der Waals surface area (Å²) in [7, 11) is 3.00.